The molecule has 3 atom stereocenters. The first-order chi connectivity index (χ1) is 13.7. The summed E-state index contributed by atoms with van der Waals surface area (Å²) in [7, 11) is 0. The molecule has 148 valence electrons. The van der Waals surface area contributed by atoms with Crippen LogP contribution in [0.4, 0.5) is 5.95 Å². The number of para-hydroxylation sites is 1. The van der Waals surface area contributed by atoms with Gasteiger partial charge in [-0.2, -0.15) is 0 Å². The molecule has 0 amide bonds. The van der Waals surface area contributed by atoms with E-state index in [0.29, 0.717) is 11.5 Å². The van der Waals surface area contributed by atoms with Crippen molar-refractivity contribution in [1.82, 2.24) is 14.8 Å². The third-order valence-corrected chi connectivity index (χ3v) is 6.95. The largest absolute Gasteiger partial charge is 0.482 e. The molecule has 6 nitrogen and oxygen atoms in total. The zero-order valence-electron chi connectivity index (χ0n) is 16.5. The van der Waals surface area contributed by atoms with E-state index in [1.165, 1.54) is 24.8 Å². The molecule has 28 heavy (non-hydrogen) atoms. The van der Waals surface area contributed by atoms with Crippen molar-refractivity contribution in [2.45, 2.75) is 57.8 Å². The highest BCUT2D eigenvalue weighted by Gasteiger charge is 2.45. The topological polar surface area (TPSA) is 52.4 Å². The van der Waals surface area contributed by atoms with Crippen molar-refractivity contribution in [2.75, 3.05) is 24.6 Å². The van der Waals surface area contributed by atoms with Gasteiger partial charge in [0.1, 0.15) is 5.75 Å². The summed E-state index contributed by atoms with van der Waals surface area (Å²) in [6.45, 7) is 6.18. The van der Waals surface area contributed by atoms with Crippen LogP contribution in [0.15, 0.2) is 24.3 Å². The number of nitrogens with zero attached hydrogens (tertiary/aromatic N) is 4. The molecule has 0 bridgehead atoms. The lowest BCUT2D eigenvalue weighted by atomic mass is 9.85. The summed E-state index contributed by atoms with van der Waals surface area (Å²) in [4.78, 5) is 2.45. The minimum absolute atomic E-state index is 0.0243. The van der Waals surface area contributed by atoms with Crippen LogP contribution < -0.4 is 9.64 Å². The molecule has 0 radical (unpaired) electrons. The van der Waals surface area contributed by atoms with Gasteiger partial charge in [0.25, 0.3) is 0 Å². The van der Waals surface area contributed by atoms with Crippen LogP contribution >= 0.6 is 0 Å². The van der Waals surface area contributed by atoms with Gasteiger partial charge in [-0.05, 0) is 50.2 Å². The average molecular weight is 380 g/mol. The maximum atomic E-state index is 6.26. The van der Waals surface area contributed by atoms with E-state index in [2.05, 4.69) is 44.8 Å². The quantitative estimate of drug-likeness (QED) is 0.814. The summed E-state index contributed by atoms with van der Waals surface area (Å²) < 4.78 is 14.5. The Balaban J connectivity index is 1.29. The molecule has 1 unspecified atom stereocenters. The molecule has 2 saturated heterocycles. The van der Waals surface area contributed by atoms with E-state index in [1.807, 2.05) is 6.07 Å². The van der Waals surface area contributed by atoms with Gasteiger partial charge < -0.3 is 14.4 Å². The SMILES string of the molecule is C[C@@H]1C[C@@]2(CCN(c3nnc(C4Cc5ccccc5O4)n3CC3CC3)C2)CO1. The fourth-order valence-corrected chi connectivity index (χ4v) is 5.28. The van der Waals surface area contributed by atoms with E-state index >= 15 is 0 Å². The second-order valence-electron chi connectivity index (χ2n) is 9.33. The third-order valence-electron chi connectivity index (χ3n) is 6.95. The molecule has 1 spiro atoms. The Bertz CT molecular complexity index is 867. The van der Waals surface area contributed by atoms with E-state index in [4.69, 9.17) is 9.47 Å². The highest BCUT2D eigenvalue weighted by molar-refractivity contribution is 5.40. The van der Waals surface area contributed by atoms with Crippen molar-refractivity contribution < 1.29 is 9.47 Å². The maximum absolute atomic E-state index is 6.26. The van der Waals surface area contributed by atoms with Crippen LogP contribution in [0.3, 0.4) is 0 Å². The standard InChI is InChI=1S/C22H28N4O2/c1-15-11-22(14-27-15)8-9-25(13-22)21-24-23-20(26(21)12-16-6-7-16)19-10-17-4-2-3-5-18(17)28-19/h2-5,15-16,19H,6-14H2,1H3/t15-,19?,22-/m1/s1. The predicted molar refractivity (Wildman–Crippen MR) is 106 cm³/mol. The number of rotatable bonds is 4. The Morgan fingerprint density at radius 3 is 2.89 bits per heavy atom. The molecular weight excluding hydrogens is 352 g/mol. The fourth-order valence-electron chi connectivity index (χ4n) is 5.28. The summed E-state index contributed by atoms with van der Waals surface area (Å²) in [5.74, 6) is 3.80. The second-order valence-corrected chi connectivity index (χ2v) is 9.33. The number of benzene rings is 1. The minimum atomic E-state index is -0.0243. The van der Waals surface area contributed by atoms with Gasteiger partial charge in [0, 0.05) is 31.5 Å². The van der Waals surface area contributed by atoms with Gasteiger partial charge in [0.15, 0.2) is 11.9 Å². The van der Waals surface area contributed by atoms with Crippen molar-refractivity contribution in [3.63, 3.8) is 0 Å². The number of anilines is 1. The fraction of sp³-hybridized carbons (Fsp3) is 0.636. The zero-order valence-corrected chi connectivity index (χ0v) is 16.5. The molecule has 6 heteroatoms. The number of hydrogen-bond acceptors (Lipinski definition) is 5. The van der Waals surface area contributed by atoms with Gasteiger partial charge in [0.2, 0.25) is 5.95 Å². The van der Waals surface area contributed by atoms with Crippen molar-refractivity contribution in [1.29, 1.82) is 0 Å². The van der Waals surface area contributed by atoms with Crippen LogP contribution in [-0.2, 0) is 17.7 Å². The molecular formula is C22H28N4O2. The molecule has 1 aliphatic carbocycles. The van der Waals surface area contributed by atoms with Crippen molar-refractivity contribution in [2.24, 2.45) is 11.3 Å². The molecule has 2 aromatic rings. The summed E-state index contributed by atoms with van der Waals surface area (Å²) in [6.07, 6.45) is 6.22. The second kappa shape index (κ2) is 6.21. The lowest BCUT2D eigenvalue weighted by Crippen LogP contribution is -2.30. The number of aromatic nitrogens is 3. The highest BCUT2D eigenvalue weighted by Crippen LogP contribution is 2.44. The minimum Gasteiger partial charge on any atom is -0.482 e. The maximum Gasteiger partial charge on any atom is 0.227 e. The van der Waals surface area contributed by atoms with Crippen molar-refractivity contribution in [3.8, 4) is 5.75 Å². The highest BCUT2D eigenvalue weighted by atomic mass is 16.5. The first kappa shape index (κ1) is 16.8. The normalized spacial score (nSPS) is 31.5. The molecule has 1 aromatic heterocycles. The van der Waals surface area contributed by atoms with Crippen LogP contribution in [0, 0.1) is 11.3 Å². The average Bonchev–Trinajstić information content (AvgIpc) is 3.05. The van der Waals surface area contributed by atoms with Gasteiger partial charge in [-0.25, -0.2) is 0 Å². The Kier molecular flexibility index (Phi) is 3.73. The van der Waals surface area contributed by atoms with Crippen LogP contribution in [0.1, 0.15) is 50.1 Å². The summed E-state index contributed by atoms with van der Waals surface area (Å²) in [6, 6.07) is 8.34. The number of hydrogen-bond donors (Lipinski definition) is 0. The summed E-state index contributed by atoms with van der Waals surface area (Å²) in [5, 5.41) is 9.33. The van der Waals surface area contributed by atoms with Crippen molar-refractivity contribution in [3.05, 3.63) is 35.7 Å². The van der Waals surface area contributed by atoms with Crippen LogP contribution in [0.25, 0.3) is 0 Å². The molecule has 4 heterocycles. The van der Waals surface area contributed by atoms with E-state index in [1.54, 1.807) is 0 Å². The van der Waals surface area contributed by atoms with Crippen LogP contribution in [0.5, 0.6) is 5.75 Å². The Morgan fingerprint density at radius 1 is 1.21 bits per heavy atom. The lowest BCUT2D eigenvalue weighted by molar-refractivity contribution is 0.109. The van der Waals surface area contributed by atoms with E-state index in [-0.39, 0.29) is 6.10 Å². The first-order valence-corrected chi connectivity index (χ1v) is 10.7. The van der Waals surface area contributed by atoms with E-state index in [9.17, 15) is 0 Å². The Hall–Kier alpha value is -2.08. The van der Waals surface area contributed by atoms with Crippen LogP contribution in [0.2, 0.25) is 0 Å². The monoisotopic (exact) mass is 380 g/mol. The van der Waals surface area contributed by atoms with Gasteiger partial charge in [0.05, 0.1) is 12.7 Å². The van der Waals surface area contributed by atoms with Gasteiger partial charge >= 0.3 is 0 Å². The van der Waals surface area contributed by atoms with E-state index in [0.717, 1.165) is 62.5 Å². The zero-order chi connectivity index (χ0) is 18.7. The molecule has 0 N–H and O–H groups in total. The lowest BCUT2D eigenvalue weighted by Gasteiger charge is -2.24. The van der Waals surface area contributed by atoms with Gasteiger partial charge in [-0.15, -0.1) is 10.2 Å². The van der Waals surface area contributed by atoms with Crippen LogP contribution in [-0.4, -0.2) is 40.6 Å². The Labute approximate surface area is 165 Å². The summed E-state index contributed by atoms with van der Waals surface area (Å²) >= 11 is 0. The summed E-state index contributed by atoms with van der Waals surface area (Å²) in [5.41, 5.74) is 1.57. The number of fused-ring (bicyclic) bond motifs is 1. The molecule has 6 rings (SSSR count). The Morgan fingerprint density at radius 2 is 2.11 bits per heavy atom. The predicted octanol–water partition coefficient (Wildman–Crippen LogP) is 3.37. The van der Waals surface area contributed by atoms with Gasteiger partial charge in [-0.3, -0.25) is 4.57 Å². The van der Waals surface area contributed by atoms with Crippen molar-refractivity contribution >= 4 is 5.95 Å². The first-order valence-electron chi connectivity index (χ1n) is 10.7. The third kappa shape index (κ3) is 2.81. The number of ether oxygens (including phenoxy) is 2. The van der Waals surface area contributed by atoms with Gasteiger partial charge in [-0.1, -0.05) is 18.2 Å². The van der Waals surface area contributed by atoms with E-state index < -0.39 is 0 Å². The molecule has 4 aliphatic rings. The smallest absolute Gasteiger partial charge is 0.227 e. The molecule has 3 aliphatic heterocycles. The molecule has 3 fully saturated rings. The molecule has 1 aromatic carbocycles. The molecule has 1 saturated carbocycles.